The van der Waals surface area contributed by atoms with Gasteiger partial charge in [0.15, 0.2) is 0 Å². The zero-order valence-corrected chi connectivity index (χ0v) is 12.5. The van der Waals surface area contributed by atoms with Crippen LogP contribution < -0.4 is 15.8 Å². The minimum Gasteiger partial charge on any atom is -0.494 e. The van der Waals surface area contributed by atoms with Gasteiger partial charge in [-0.25, -0.2) is 0 Å². The minimum absolute atomic E-state index is 0.179. The number of methoxy groups -OCH3 is 1. The molecule has 0 radical (unpaired) electrons. The summed E-state index contributed by atoms with van der Waals surface area (Å²) >= 11 is 2.17. The number of ether oxygens (including phenoxy) is 1. The van der Waals surface area contributed by atoms with Gasteiger partial charge in [0.2, 0.25) is 0 Å². The Hall–Kier alpha value is -1.76. The Bertz CT molecular complexity index is 614. The van der Waals surface area contributed by atoms with Crippen LogP contribution in [0.1, 0.15) is 10.4 Å². The topological polar surface area (TPSA) is 64.3 Å². The first-order chi connectivity index (χ1) is 9.10. The van der Waals surface area contributed by atoms with E-state index in [2.05, 4.69) is 27.9 Å². The summed E-state index contributed by atoms with van der Waals surface area (Å²) in [7, 11) is 1.54. The Labute approximate surface area is 125 Å². The van der Waals surface area contributed by atoms with Gasteiger partial charge >= 0.3 is 0 Å². The van der Waals surface area contributed by atoms with Crippen molar-refractivity contribution < 1.29 is 9.53 Å². The van der Waals surface area contributed by atoms with Crippen LogP contribution >= 0.6 is 22.6 Å². The van der Waals surface area contributed by atoms with Crippen LogP contribution in [0.25, 0.3) is 0 Å². The molecule has 0 fully saturated rings. The van der Waals surface area contributed by atoms with Gasteiger partial charge in [-0.2, -0.15) is 0 Å². The van der Waals surface area contributed by atoms with E-state index >= 15 is 0 Å². The van der Waals surface area contributed by atoms with E-state index in [0.29, 0.717) is 22.7 Å². The van der Waals surface area contributed by atoms with Crippen molar-refractivity contribution in [2.45, 2.75) is 0 Å². The van der Waals surface area contributed by atoms with Gasteiger partial charge in [0.25, 0.3) is 5.91 Å². The molecule has 2 aromatic rings. The lowest BCUT2D eigenvalue weighted by atomic mass is 10.2. The summed E-state index contributed by atoms with van der Waals surface area (Å²) in [5, 5.41) is 2.81. The number of benzene rings is 2. The third-order valence-electron chi connectivity index (χ3n) is 2.56. The molecule has 0 saturated carbocycles. The Morgan fingerprint density at radius 3 is 2.74 bits per heavy atom. The molecule has 2 aromatic carbocycles. The first-order valence-electron chi connectivity index (χ1n) is 5.60. The molecular weight excluding hydrogens is 355 g/mol. The highest BCUT2D eigenvalue weighted by molar-refractivity contribution is 14.1. The van der Waals surface area contributed by atoms with Crippen molar-refractivity contribution >= 4 is 39.9 Å². The molecule has 1 amide bonds. The fourth-order valence-corrected chi connectivity index (χ4v) is 2.18. The number of hydrogen-bond acceptors (Lipinski definition) is 3. The molecule has 0 saturated heterocycles. The standard InChI is InChI=1S/C14H13IN2O2/c1-19-13-8-11(16)5-6-12(13)17-14(18)9-3-2-4-10(15)7-9/h2-8H,16H2,1H3,(H,17,18). The molecule has 0 aliphatic carbocycles. The number of halogens is 1. The summed E-state index contributed by atoms with van der Waals surface area (Å²) in [6.45, 7) is 0. The van der Waals surface area contributed by atoms with Crippen LogP contribution in [0.2, 0.25) is 0 Å². The van der Waals surface area contributed by atoms with E-state index in [1.165, 1.54) is 7.11 Å². The summed E-state index contributed by atoms with van der Waals surface area (Å²) < 4.78 is 6.20. The highest BCUT2D eigenvalue weighted by atomic mass is 127. The number of nitrogen functional groups attached to an aromatic ring is 1. The fourth-order valence-electron chi connectivity index (χ4n) is 1.64. The molecule has 0 aliphatic heterocycles. The predicted molar refractivity (Wildman–Crippen MR) is 84.5 cm³/mol. The van der Waals surface area contributed by atoms with Crippen LogP contribution in [0.3, 0.4) is 0 Å². The predicted octanol–water partition coefficient (Wildman–Crippen LogP) is 3.13. The molecule has 4 nitrogen and oxygen atoms in total. The molecule has 0 aromatic heterocycles. The van der Waals surface area contributed by atoms with Crippen molar-refractivity contribution in [1.82, 2.24) is 0 Å². The molecule has 0 aliphatic rings. The smallest absolute Gasteiger partial charge is 0.255 e. The highest BCUT2D eigenvalue weighted by Crippen LogP contribution is 2.27. The second-order valence-electron chi connectivity index (χ2n) is 3.92. The molecule has 5 heteroatoms. The van der Waals surface area contributed by atoms with E-state index in [4.69, 9.17) is 10.5 Å². The number of nitrogens with two attached hydrogens (primary N) is 1. The summed E-state index contributed by atoms with van der Waals surface area (Å²) in [6.07, 6.45) is 0. The highest BCUT2D eigenvalue weighted by Gasteiger charge is 2.10. The third-order valence-corrected chi connectivity index (χ3v) is 3.23. The van der Waals surface area contributed by atoms with Gasteiger partial charge in [0.05, 0.1) is 12.8 Å². The normalized spacial score (nSPS) is 10.0. The second kappa shape index (κ2) is 5.92. The van der Waals surface area contributed by atoms with Gasteiger partial charge in [-0.15, -0.1) is 0 Å². The van der Waals surface area contributed by atoms with Gasteiger partial charge in [-0.1, -0.05) is 6.07 Å². The van der Waals surface area contributed by atoms with E-state index in [0.717, 1.165) is 3.57 Å². The van der Waals surface area contributed by atoms with Crippen LogP contribution in [0.15, 0.2) is 42.5 Å². The number of hydrogen-bond donors (Lipinski definition) is 2. The lowest BCUT2D eigenvalue weighted by Gasteiger charge is -2.11. The molecule has 0 bridgehead atoms. The van der Waals surface area contributed by atoms with Crippen molar-refractivity contribution in [3.63, 3.8) is 0 Å². The maximum atomic E-state index is 12.1. The Kier molecular flexibility index (Phi) is 4.26. The molecule has 98 valence electrons. The van der Waals surface area contributed by atoms with Crippen molar-refractivity contribution in [2.24, 2.45) is 0 Å². The van der Waals surface area contributed by atoms with Crippen molar-refractivity contribution in [3.8, 4) is 5.75 Å². The first kappa shape index (κ1) is 13.7. The van der Waals surface area contributed by atoms with Crippen LogP contribution in [0.5, 0.6) is 5.75 Å². The van der Waals surface area contributed by atoms with Gasteiger partial charge in [0.1, 0.15) is 5.75 Å². The van der Waals surface area contributed by atoms with Crippen LogP contribution in [-0.4, -0.2) is 13.0 Å². The molecule has 3 N–H and O–H groups in total. The van der Waals surface area contributed by atoms with Gasteiger partial charge in [-0.3, -0.25) is 4.79 Å². The van der Waals surface area contributed by atoms with Gasteiger partial charge < -0.3 is 15.8 Å². The fraction of sp³-hybridized carbons (Fsp3) is 0.0714. The van der Waals surface area contributed by atoms with Crippen LogP contribution in [0, 0.1) is 3.57 Å². The first-order valence-corrected chi connectivity index (χ1v) is 6.68. The number of anilines is 2. The summed E-state index contributed by atoms with van der Waals surface area (Å²) in [4.78, 5) is 12.1. The summed E-state index contributed by atoms with van der Waals surface area (Å²) in [5.74, 6) is 0.362. The molecule has 0 heterocycles. The number of carbonyl (C=O) groups is 1. The lowest BCUT2D eigenvalue weighted by Crippen LogP contribution is -2.12. The van der Waals surface area contributed by atoms with E-state index in [-0.39, 0.29) is 5.91 Å². The molecule has 0 spiro atoms. The van der Waals surface area contributed by atoms with Gasteiger partial charge in [-0.05, 0) is 52.9 Å². The Balaban J connectivity index is 2.24. The van der Waals surface area contributed by atoms with Crippen LogP contribution in [0.4, 0.5) is 11.4 Å². The summed E-state index contributed by atoms with van der Waals surface area (Å²) in [6, 6.07) is 12.5. The zero-order valence-electron chi connectivity index (χ0n) is 10.3. The lowest BCUT2D eigenvalue weighted by molar-refractivity contribution is 0.102. The number of amides is 1. The van der Waals surface area contributed by atoms with E-state index in [1.807, 2.05) is 18.2 Å². The molecule has 2 rings (SSSR count). The van der Waals surface area contributed by atoms with E-state index in [9.17, 15) is 4.79 Å². The number of rotatable bonds is 3. The molecular formula is C14H13IN2O2. The Morgan fingerprint density at radius 1 is 1.26 bits per heavy atom. The SMILES string of the molecule is COc1cc(N)ccc1NC(=O)c1cccc(I)c1. The maximum Gasteiger partial charge on any atom is 0.255 e. The molecule has 19 heavy (non-hydrogen) atoms. The molecule has 0 unspecified atom stereocenters. The maximum absolute atomic E-state index is 12.1. The third kappa shape index (κ3) is 3.37. The number of carbonyl (C=O) groups excluding carboxylic acids is 1. The van der Waals surface area contributed by atoms with Crippen molar-refractivity contribution in [1.29, 1.82) is 0 Å². The Morgan fingerprint density at radius 2 is 2.05 bits per heavy atom. The van der Waals surface area contributed by atoms with Crippen molar-refractivity contribution in [2.75, 3.05) is 18.2 Å². The van der Waals surface area contributed by atoms with Crippen LogP contribution in [-0.2, 0) is 0 Å². The number of nitrogens with one attached hydrogen (secondary N) is 1. The van der Waals surface area contributed by atoms with Gasteiger partial charge in [0, 0.05) is 20.9 Å². The summed E-state index contributed by atoms with van der Waals surface area (Å²) in [5.41, 5.74) is 7.46. The van der Waals surface area contributed by atoms with Crippen molar-refractivity contribution in [3.05, 3.63) is 51.6 Å². The quantitative estimate of drug-likeness (QED) is 0.646. The van der Waals surface area contributed by atoms with E-state index < -0.39 is 0 Å². The second-order valence-corrected chi connectivity index (χ2v) is 5.17. The largest absolute Gasteiger partial charge is 0.494 e. The minimum atomic E-state index is -0.179. The zero-order chi connectivity index (χ0) is 13.8. The average molecular weight is 368 g/mol. The average Bonchev–Trinajstić information content (AvgIpc) is 2.40. The van der Waals surface area contributed by atoms with E-state index in [1.54, 1.807) is 24.3 Å². The molecule has 0 atom stereocenters. The monoisotopic (exact) mass is 368 g/mol.